The van der Waals surface area contributed by atoms with E-state index in [0.717, 1.165) is 21.7 Å². The van der Waals surface area contributed by atoms with Gasteiger partial charge in [0, 0.05) is 16.0 Å². The summed E-state index contributed by atoms with van der Waals surface area (Å²) in [6.07, 6.45) is 0. The highest BCUT2D eigenvalue weighted by molar-refractivity contribution is 6.44. The van der Waals surface area contributed by atoms with E-state index in [1.165, 1.54) is 0 Å². The number of rotatable bonds is 1. The molecule has 1 aliphatic heterocycles. The fourth-order valence-electron chi connectivity index (χ4n) is 1.98. The highest BCUT2D eigenvalue weighted by Gasteiger charge is 2.08. The minimum atomic E-state index is 0.625. The van der Waals surface area contributed by atoms with Crippen LogP contribution in [0, 0.1) is 0 Å². The second-order valence-corrected chi connectivity index (χ2v) is 4.23. The zero-order valence-corrected chi connectivity index (χ0v) is 9.83. The van der Waals surface area contributed by atoms with E-state index in [4.69, 9.17) is 11.6 Å². The molecule has 2 nitrogen and oxygen atoms in total. The fourth-order valence-corrected chi connectivity index (χ4v) is 2.19. The van der Waals surface area contributed by atoms with E-state index >= 15 is 0 Å². The Labute approximate surface area is 104 Å². The average molecular weight is 243 g/mol. The van der Waals surface area contributed by atoms with Crippen LogP contribution < -0.4 is 21.3 Å². The van der Waals surface area contributed by atoms with Crippen LogP contribution in [0.5, 0.6) is 0 Å². The lowest BCUT2D eigenvalue weighted by Crippen LogP contribution is -2.45. The highest BCUT2D eigenvalue weighted by Crippen LogP contribution is 2.08. The zero-order valence-electron chi connectivity index (χ0n) is 9.07. The molecule has 2 aromatic rings. The normalized spacial score (nSPS) is 13.7. The molecule has 2 aromatic carbocycles. The molecule has 1 aliphatic rings. The van der Waals surface area contributed by atoms with E-state index in [2.05, 4.69) is 29.1 Å². The first-order valence-electron chi connectivity index (χ1n) is 5.43. The summed E-state index contributed by atoms with van der Waals surface area (Å²) in [5.41, 5.74) is 8.30. The Bertz CT molecular complexity index is 662. The van der Waals surface area contributed by atoms with Gasteiger partial charge in [-0.15, -0.1) is 0 Å². The van der Waals surface area contributed by atoms with Crippen molar-refractivity contribution in [2.24, 2.45) is 0 Å². The third kappa shape index (κ3) is 1.77. The summed E-state index contributed by atoms with van der Waals surface area (Å²) in [5.74, 6) is 0. The van der Waals surface area contributed by atoms with E-state index in [1.807, 2.05) is 36.4 Å². The Morgan fingerprint density at radius 1 is 0.706 bits per heavy atom. The molecule has 0 fully saturated rings. The molecule has 0 amide bonds. The lowest BCUT2D eigenvalue weighted by Gasteiger charge is -2.17. The molecule has 1 heterocycles. The van der Waals surface area contributed by atoms with Crippen LogP contribution in [0.2, 0.25) is 0 Å². The molecule has 0 bridgehead atoms. The molecule has 3 rings (SSSR count). The molecule has 0 aliphatic carbocycles. The Hall–Kier alpha value is -1.93. The van der Waals surface area contributed by atoms with Crippen LogP contribution >= 0.6 is 11.6 Å². The quantitative estimate of drug-likeness (QED) is 0.736. The molecule has 2 N–H and O–H groups in total. The smallest absolute Gasteiger partial charge is 0.128 e. The van der Waals surface area contributed by atoms with Crippen molar-refractivity contribution < 1.29 is 0 Å². The standard InChI is InChI=1S/C14H11ClN2/c15-14-12-9-5-4-8-11(12)13(16-17-14)10-6-2-1-3-7-10/h1-9,16-17H. The molecule has 0 unspecified atom stereocenters. The number of halogens is 1. The number of hydrogen-bond donors (Lipinski definition) is 2. The third-order valence-corrected chi connectivity index (χ3v) is 3.09. The van der Waals surface area contributed by atoms with Gasteiger partial charge in [0.25, 0.3) is 0 Å². The van der Waals surface area contributed by atoms with E-state index in [1.54, 1.807) is 0 Å². The summed E-state index contributed by atoms with van der Waals surface area (Å²) in [6.45, 7) is 0. The first-order valence-corrected chi connectivity index (χ1v) is 5.80. The predicted molar refractivity (Wildman–Crippen MR) is 70.2 cm³/mol. The van der Waals surface area contributed by atoms with Crippen LogP contribution in [-0.2, 0) is 0 Å². The van der Waals surface area contributed by atoms with Gasteiger partial charge in [-0.25, -0.2) is 0 Å². The number of nitrogens with one attached hydrogen (secondary N) is 2. The largest absolute Gasteiger partial charge is 0.299 e. The summed E-state index contributed by atoms with van der Waals surface area (Å²) in [7, 11) is 0. The van der Waals surface area contributed by atoms with Gasteiger partial charge in [0.15, 0.2) is 0 Å². The minimum Gasteiger partial charge on any atom is -0.299 e. The zero-order chi connectivity index (χ0) is 11.7. The van der Waals surface area contributed by atoms with E-state index in [9.17, 15) is 0 Å². The third-order valence-electron chi connectivity index (χ3n) is 2.79. The molecule has 3 heteroatoms. The van der Waals surface area contributed by atoms with Crippen LogP contribution in [0.25, 0.3) is 10.9 Å². The van der Waals surface area contributed by atoms with Crippen molar-refractivity contribution >= 4 is 22.5 Å². The number of benzene rings is 2. The average Bonchev–Trinajstić information content (AvgIpc) is 2.41. The second-order valence-electron chi connectivity index (χ2n) is 3.85. The van der Waals surface area contributed by atoms with Gasteiger partial charge in [-0.3, -0.25) is 10.9 Å². The van der Waals surface area contributed by atoms with Crippen molar-refractivity contribution in [1.82, 2.24) is 10.9 Å². The molecule has 0 atom stereocenters. The maximum Gasteiger partial charge on any atom is 0.128 e. The van der Waals surface area contributed by atoms with Gasteiger partial charge in [0.2, 0.25) is 0 Å². The molecular weight excluding hydrogens is 232 g/mol. The molecule has 0 saturated heterocycles. The summed E-state index contributed by atoms with van der Waals surface area (Å²) in [4.78, 5) is 0. The molecule has 17 heavy (non-hydrogen) atoms. The summed E-state index contributed by atoms with van der Waals surface area (Å²) >= 11 is 6.13. The van der Waals surface area contributed by atoms with Crippen LogP contribution in [-0.4, -0.2) is 0 Å². The predicted octanol–water partition coefficient (Wildman–Crippen LogP) is 1.26. The van der Waals surface area contributed by atoms with Gasteiger partial charge < -0.3 is 0 Å². The van der Waals surface area contributed by atoms with Crippen LogP contribution in [0.4, 0.5) is 0 Å². The molecule has 84 valence electrons. The summed E-state index contributed by atoms with van der Waals surface area (Å²) in [5, 5.41) is 2.76. The Morgan fingerprint density at radius 2 is 1.35 bits per heavy atom. The number of fused-ring (bicyclic) bond motifs is 1. The van der Waals surface area contributed by atoms with Gasteiger partial charge in [-0.1, -0.05) is 66.2 Å². The monoisotopic (exact) mass is 242 g/mol. The van der Waals surface area contributed by atoms with Crippen molar-refractivity contribution in [1.29, 1.82) is 0 Å². The Morgan fingerprint density at radius 3 is 2.12 bits per heavy atom. The SMILES string of the molecule is ClC1=c2ccccc2=C(c2ccccc2)NN1. The van der Waals surface area contributed by atoms with Crippen LogP contribution in [0.15, 0.2) is 54.6 Å². The number of hydrazine groups is 1. The van der Waals surface area contributed by atoms with Gasteiger partial charge in [-0.05, 0) is 0 Å². The maximum absolute atomic E-state index is 6.13. The van der Waals surface area contributed by atoms with E-state index < -0.39 is 0 Å². The van der Waals surface area contributed by atoms with E-state index in [0.29, 0.717) is 5.16 Å². The topological polar surface area (TPSA) is 24.1 Å². The van der Waals surface area contributed by atoms with Crippen molar-refractivity contribution in [3.05, 3.63) is 70.6 Å². The Balaban J connectivity index is 2.38. The van der Waals surface area contributed by atoms with Crippen molar-refractivity contribution in [3.63, 3.8) is 0 Å². The van der Waals surface area contributed by atoms with Crippen LogP contribution in [0.3, 0.4) is 0 Å². The Kier molecular flexibility index (Phi) is 2.50. The van der Waals surface area contributed by atoms with Gasteiger partial charge in [-0.2, -0.15) is 0 Å². The van der Waals surface area contributed by atoms with Gasteiger partial charge in [0.05, 0.1) is 5.70 Å². The van der Waals surface area contributed by atoms with Crippen molar-refractivity contribution in [2.45, 2.75) is 0 Å². The van der Waals surface area contributed by atoms with Gasteiger partial charge in [0.1, 0.15) is 5.16 Å². The molecule has 0 spiro atoms. The van der Waals surface area contributed by atoms with E-state index in [-0.39, 0.29) is 0 Å². The highest BCUT2D eigenvalue weighted by atomic mass is 35.5. The molecule has 0 aromatic heterocycles. The van der Waals surface area contributed by atoms with Crippen LogP contribution in [0.1, 0.15) is 5.56 Å². The minimum absolute atomic E-state index is 0.625. The lowest BCUT2D eigenvalue weighted by molar-refractivity contribution is 0.808. The maximum atomic E-state index is 6.13. The second kappa shape index (κ2) is 4.15. The first-order chi connectivity index (χ1) is 8.36. The molecule has 0 saturated carbocycles. The summed E-state index contributed by atoms with van der Waals surface area (Å²) in [6, 6.07) is 18.3. The number of hydrogen-bond acceptors (Lipinski definition) is 2. The van der Waals surface area contributed by atoms with Gasteiger partial charge >= 0.3 is 0 Å². The fraction of sp³-hybridized carbons (Fsp3) is 0. The summed E-state index contributed by atoms with van der Waals surface area (Å²) < 4.78 is 0. The van der Waals surface area contributed by atoms with Crippen molar-refractivity contribution in [3.8, 4) is 0 Å². The van der Waals surface area contributed by atoms with Crippen molar-refractivity contribution in [2.75, 3.05) is 0 Å². The lowest BCUT2D eigenvalue weighted by atomic mass is 10.1. The molecular formula is C14H11ClN2. The molecule has 0 radical (unpaired) electrons. The first kappa shape index (κ1) is 10.2.